The molecule has 0 spiro atoms. The molecule has 2 aromatic carbocycles. The van der Waals surface area contributed by atoms with Crippen molar-refractivity contribution in [2.45, 2.75) is 13.8 Å². The Labute approximate surface area is 104 Å². The van der Waals surface area contributed by atoms with Crippen LogP contribution in [0.25, 0.3) is 16.7 Å². The Balaban J connectivity index is 2.22. The van der Waals surface area contributed by atoms with Crippen molar-refractivity contribution in [3.05, 3.63) is 47.5 Å². The van der Waals surface area contributed by atoms with Crippen LogP contribution in [0.5, 0.6) is 5.75 Å². The van der Waals surface area contributed by atoms with E-state index in [2.05, 4.69) is 10.2 Å². The molecule has 0 bridgehead atoms. The first-order valence-electron chi connectivity index (χ1n) is 5.78. The fourth-order valence-corrected chi connectivity index (χ4v) is 1.94. The summed E-state index contributed by atoms with van der Waals surface area (Å²) in [5, 5.41) is 18.8. The Kier molecular flexibility index (Phi) is 2.30. The minimum Gasteiger partial charge on any atom is -0.505 e. The van der Waals surface area contributed by atoms with Gasteiger partial charge in [-0.1, -0.05) is 18.2 Å². The van der Waals surface area contributed by atoms with E-state index in [9.17, 15) is 5.11 Å². The van der Waals surface area contributed by atoms with Crippen molar-refractivity contribution in [1.82, 2.24) is 15.0 Å². The number of benzene rings is 2. The molecule has 1 N–H and O–H groups in total. The quantitative estimate of drug-likeness (QED) is 0.710. The molecule has 0 radical (unpaired) electrons. The summed E-state index contributed by atoms with van der Waals surface area (Å²) in [6.45, 7) is 3.87. The lowest BCUT2D eigenvalue weighted by molar-refractivity contribution is 0.463. The van der Waals surface area contributed by atoms with Crippen LogP contribution < -0.4 is 0 Å². The van der Waals surface area contributed by atoms with Crippen molar-refractivity contribution >= 4 is 11.0 Å². The SMILES string of the molecule is Cc1ccc2nn(-c3cccc(C)c3O)nc2c1. The third-order valence-electron chi connectivity index (χ3n) is 2.97. The fourth-order valence-electron chi connectivity index (χ4n) is 1.94. The molecule has 0 aliphatic carbocycles. The molecule has 3 rings (SSSR count). The minimum absolute atomic E-state index is 0.217. The van der Waals surface area contributed by atoms with E-state index >= 15 is 0 Å². The van der Waals surface area contributed by atoms with Crippen LogP contribution in [0.2, 0.25) is 0 Å². The summed E-state index contributed by atoms with van der Waals surface area (Å²) < 4.78 is 0. The first-order chi connectivity index (χ1) is 8.65. The van der Waals surface area contributed by atoms with Gasteiger partial charge in [-0.3, -0.25) is 0 Å². The number of hydrogen-bond donors (Lipinski definition) is 1. The Bertz CT molecular complexity index is 731. The zero-order chi connectivity index (χ0) is 12.7. The highest BCUT2D eigenvalue weighted by atomic mass is 16.3. The molecule has 4 heteroatoms. The summed E-state index contributed by atoms with van der Waals surface area (Å²) in [5.41, 5.74) is 4.20. The van der Waals surface area contributed by atoms with Crippen molar-refractivity contribution in [1.29, 1.82) is 0 Å². The molecule has 0 atom stereocenters. The van der Waals surface area contributed by atoms with Crippen LogP contribution >= 0.6 is 0 Å². The molecule has 3 aromatic rings. The molecule has 0 aliphatic rings. The van der Waals surface area contributed by atoms with Gasteiger partial charge in [0.1, 0.15) is 22.5 Å². The van der Waals surface area contributed by atoms with E-state index in [1.165, 1.54) is 4.80 Å². The van der Waals surface area contributed by atoms with Gasteiger partial charge in [-0.2, -0.15) is 0 Å². The predicted octanol–water partition coefficient (Wildman–Crippen LogP) is 2.74. The van der Waals surface area contributed by atoms with Crippen LogP contribution in [0.1, 0.15) is 11.1 Å². The monoisotopic (exact) mass is 239 g/mol. The molecule has 0 saturated carbocycles. The number of nitrogens with zero attached hydrogens (tertiary/aromatic N) is 3. The molecule has 18 heavy (non-hydrogen) atoms. The van der Waals surface area contributed by atoms with E-state index in [1.807, 2.05) is 44.2 Å². The minimum atomic E-state index is 0.217. The van der Waals surface area contributed by atoms with Gasteiger partial charge in [-0.25, -0.2) is 0 Å². The summed E-state index contributed by atoms with van der Waals surface area (Å²) in [4.78, 5) is 1.48. The number of para-hydroxylation sites is 1. The highest BCUT2D eigenvalue weighted by Gasteiger charge is 2.09. The van der Waals surface area contributed by atoms with Crippen molar-refractivity contribution < 1.29 is 5.11 Å². The summed E-state index contributed by atoms with van der Waals surface area (Å²) in [6, 6.07) is 11.4. The smallest absolute Gasteiger partial charge is 0.145 e. The topological polar surface area (TPSA) is 50.9 Å². The molecular weight excluding hydrogens is 226 g/mol. The third kappa shape index (κ3) is 1.62. The first kappa shape index (κ1) is 10.8. The molecule has 4 nitrogen and oxygen atoms in total. The van der Waals surface area contributed by atoms with Gasteiger partial charge in [0.15, 0.2) is 0 Å². The number of fused-ring (bicyclic) bond motifs is 1. The lowest BCUT2D eigenvalue weighted by atomic mass is 10.2. The van der Waals surface area contributed by atoms with Crippen LogP contribution in [-0.4, -0.2) is 20.1 Å². The molecule has 0 saturated heterocycles. The fraction of sp³-hybridized carbons (Fsp3) is 0.143. The van der Waals surface area contributed by atoms with Gasteiger partial charge in [0.2, 0.25) is 0 Å². The molecule has 0 aliphatic heterocycles. The number of rotatable bonds is 1. The van der Waals surface area contributed by atoms with Crippen molar-refractivity contribution in [2.24, 2.45) is 0 Å². The second kappa shape index (κ2) is 3.84. The number of phenols is 1. The van der Waals surface area contributed by atoms with Crippen LogP contribution in [0.3, 0.4) is 0 Å². The first-order valence-corrected chi connectivity index (χ1v) is 5.78. The third-order valence-corrected chi connectivity index (χ3v) is 2.97. The number of aromatic hydroxyl groups is 1. The van der Waals surface area contributed by atoms with Gasteiger partial charge in [0, 0.05) is 0 Å². The molecule has 1 aromatic heterocycles. The summed E-state index contributed by atoms with van der Waals surface area (Å²) in [5.74, 6) is 0.217. The Hall–Kier alpha value is -2.36. The van der Waals surface area contributed by atoms with Crippen LogP contribution in [-0.2, 0) is 0 Å². The Morgan fingerprint density at radius 2 is 1.78 bits per heavy atom. The normalized spacial score (nSPS) is 11.0. The highest BCUT2D eigenvalue weighted by molar-refractivity contribution is 5.74. The number of aromatic nitrogens is 3. The van der Waals surface area contributed by atoms with Crippen molar-refractivity contribution in [3.8, 4) is 11.4 Å². The summed E-state index contributed by atoms with van der Waals surface area (Å²) in [6.07, 6.45) is 0. The second-order valence-corrected chi connectivity index (χ2v) is 4.42. The second-order valence-electron chi connectivity index (χ2n) is 4.42. The molecule has 90 valence electrons. The Morgan fingerprint density at radius 1 is 1.00 bits per heavy atom. The zero-order valence-electron chi connectivity index (χ0n) is 10.3. The maximum Gasteiger partial charge on any atom is 0.145 e. The van der Waals surface area contributed by atoms with E-state index in [-0.39, 0.29) is 5.75 Å². The molecule has 0 unspecified atom stereocenters. The standard InChI is InChI=1S/C14H13N3O/c1-9-6-7-11-12(8-9)16-17(15-11)13-5-3-4-10(2)14(13)18/h3-8,18H,1-2H3. The molecule has 0 amide bonds. The molecule has 0 fully saturated rings. The van der Waals surface area contributed by atoms with Crippen LogP contribution in [0.4, 0.5) is 0 Å². The van der Waals surface area contributed by atoms with Gasteiger partial charge in [0.25, 0.3) is 0 Å². The highest BCUT2D eigenvalue weighted by Crippen LogP contribution is 2.25. The van der Waals surface area contributed by atoms with E-state index in [0.29, 0.717) is 5.69 Å². The van der Waals surface area contributed by atoms with Crippen molar-refractivity contribution in [3.63, 3.8) is 0 Å². The van der Waals surface area contributed by atoms with Crippen LogP contribution in [0, 0.1) is 13.8 Å². The summed E-state index contributed by atoms with van der Waals surface area (Å²) >= 11 is 0. The van der Waals surface area contributed by atoms with E-state index in [0.717, 1.165) is 22.2 Å². The van der Waals surface area contributed by atoms with Gasteiger partial charge < -0.3 is 5.11 Å². The average molecular weight is 239 g/mol. The van der Waals surface area contributed by atoms with Crippen molar-refractivity contribution in [2.75, 3.05) is 0 Å². The van der Waals surface area contributed by atoms with Gasteiger partial charge >= 0.3 is 0 Å². The van der Waals surface area contributed by atoms with E-state index < -0.39 is 0 Å². The maximum atomic E-state index is 10.0. The average Bonchev–Trinajstić information content (AvgIpc) is 2.75. The lowest BCUT2D eigenvalue weighted by Gasteiger charge is -2.04. The number of hydrogen-bond acceptors (Lipinski definition) is 3. The van der Waals surface area contributed by atoms with E-state index in [4.69, 9.17) is 0 Å². The van der Waals surface area contributed by atoms with Gasteiger partial charge in [-0.05, 0) is 43.2 Å². The summed E-state index contributed by atoms with van der Waals surface area (Å²) in [7, 11) is 0. The Morgan fingerprint density at radius 3 is 2.61 bits per heavy atom. The van der Waals surface area contributed by atoms with Crippen LogP contribution in [0.15, 0.2) is 36.4 Å². The largest absolute Gasteiger partial charge is 0.505 e. The number of phenolic OH excluding ortho intramolecular Hbond substituents is 1. The predicted molar refractivity (Wildman–Crippen MR) is 70.0 cm³/mol. The van der Waals surface area contributed by atoms with Gasteiger partial charge in [-0.15, -0.1) is 15.0 Å². The zero-order valence-corrected chi connectivity index (χ0v) is 10.3. The lowest BCUT2D eigenvalue weighted by Crippen LogP contribution is -1.99. The molecular formula is C14H13N3O. The van der Waals surface area contributed by atoms with E-state index in [1.54, 1.807) is 6.07 Å². The number of aryl methyl sites for hydroxylation is 2. The van der Waals surface area contributed by atoms with Gasteiger partial charge in [0.05, 0.1) is 0 Å². The molecule has 1 heterocycles. The maximum absolute atomic E-state index is 10.0.